The molecule has 0 aliphatic carbocycles. The molecule has 0 aliphatic rings. The van der Waals surface area contributed by atoms with Crippen LogP contribution in [0.3, 0.4) is 0 Å². The Labute approximate surface area is 136 Å². The van der Waals surface area contributed by atoms with Crippen LogP contribution in [-0.2, 0) is 6.61 Å². The molecule has 0 radical (unpaired) electrons. The van der Waals surface area contributed by atoms with E-state index < -0.39 is 0 Å². The third kappa shape index (κ3) is 4.03. The Hall–Kier alpha value is -2.50. The van der Waals surface area contributed by atoms with Gasteiger partial charge < -0.3 is 14.4 Å². The number of hydrogen-bond donors (Lipinski definition) is 1. The number of aromatic nitrogens is 2. The Morgan fingerprint density at radius 2 is 2.04 bits per heavy atom. The quantitative estimate of drug-likeness (QED) is 0.852. The van der Waals surface area contributed by atoms with Gasteiger partial charge in [0.05, 0.1) is 12.8 Å². The molecule has 23 heavy (non-hydrogen) atoms. The first-order chi connectivity index (χ1) is 11.1. The Morgan fingerprint density at radius 3 is 2.70 bits per heavy atom. The summed E-state index contributed by atoms with van der Waals surface area (Å²) in [6.45, 7) is 4.34. The van der Waals surface area contributed by atoms with E-state index in [1.54, 1.807) is 25.1 Å². The van der Waals surface area contributed by atoms with Crippen LogP contribution in [0.5, 0.6) is 11.5 Å². The van der Waals surface area contributed by atoms with Crippen molar-refractivity contribution in [2.24, 2.45) is 0 Å². The van der Waals surface area contributed by atoms with E-state index in [9.17, 15) is 4.79 Å². The third-order valence-electron chi connectivity index (χ3n) is 3.87. The Bertz CT molecular complexity index is 654. The molecule has 0 unspecified atom stereocenters. The van der Waals surface area contributed by atoms with Crippen molar-refractivity contribution >= 4 is 5.91 Å². The van der Waals surface area contributed by atoms with Gasteiger partial charge in [0.25, 0.3) is 5.91 Å². The molecule has 0 bridgehead atoms. The molecule has 0 aliphatic heterocycles. The number of aromatic amines is 1. The summed E-state index contributed by atoms with van der Waals surface area (Å²) in [6, 6.07) is 9.31. The average molecular weight is 317 g/mol. The number of para-hydroxylation sites is 2. The fourth-order valence-corrected chi connectivity index (χ4v) is 2.09. The fourth-order valence-electron chi connectivity index (χ4n) is 2.09. The van der Waals surface area contributed by atoms with E-state index in [1.807, 2.05) is 38.1 Å². The van der Waals surface area contributed by atoms with Gasteiger partial charge in [-0.1, -0.05) is 19.1 Å². The molecule has 0 saturated carbocycles. The van der Waals surface area contributed by atoms with E-state index in [0.29, 0.717) is 17.2 Å². The summed E-state index contributed by atoms with van der Waals surface area (Å²) in [5.41, 5.74) is 1.13. The standard InChI is InChI=1S/C17H23N3O3/c1-5-12(2)20(3)17(21)14-10-13(18-19-14)11-23-16-9-7-6-8-15(16)22-4/h6-10,12H,5,11H2,1-4H3,(H,18,19)/t12-/m1/s1. The summed E-state index contributed by atoms with van der Waals surface area (Å²) in [5, 5.41) is 6.92. The second-order valence-corrected chi connectivity index (χ2v) is 5.39. The lowest BCUT2D eigenvalue weighted by atomic mass is 10.2. The van der Waals surface area contributed by atoms with Crippen molar-refractivity contribution in [3.63, 3.8) is 0 Å². The highest BCUT2D eigenvalue weighted by molar-refractivity contribution is 5.92. The van der Waals surface area contributed by atoms with Gasteiger partial charge in [0.15, 0.2) is 17.2 Å². The minimum absolute atomic E-state index is 0.0980. The SMILES string of the molecule is CC[C@@H](C)N(C)C(=O)c1cc(COc2ccccc2OC)[nH]n1. The summed E-state index contributed by atoms with van der Waals surface area (Å²) >= 11 is 0. The van der Waals surface area contributed by atoms with Crippen LogP contribution in [0.2, 0.25) is 0 Å². The van der Waals surface area contributed by atoms with Crippen molar-refractivity contribution in [3.05, 3.63) is 41.7 Å². The van der Waals surface area contributed by atoms with Gasteiger partial charge in [0, 0.05) is 13.1 Å². The molecule has 1 N–H and O–H groups in total. The molecule has 1 heterocycles. The van der Waals surface area contributed by atoms with Crippen molar-refractivity contribution in [2.45, 2.75) is 32.9 Å². The van der Waals surface area contributed by atoms with Crippen molar-refractivity contribution in [2.75, 3.05) is 14.2 Å². The van der Waals surface area contributed by atoms with Crippen molar-refractivity contribution in [1.82, 2.24) is 15.1 Å². The number of methoxy groups -OCH3 is 1. The Kier molecular flexibility index (Phi) is 5.62. The van der Waals surface area contributed by atoms with E-state index in [4.69, 9.17) is 9.47 Å². The number of amides is 1. The summed E-state index contributed by atoms with van der Waals surface area (Å²) in [4.78, 5) is 14.0. The topological polar surface area (TPSA) is 67.5 Å². The van der Waals surface area contributed by atoms with E-state index in [1.165, 1.54) is 0 Å². The predicted molar refractivity (Wildman–Crippen MR) is 87.8 cm³/mol. The lowest BCUT2D eigenvalue weighted by Gasteiger charge is -2.22. The molecular formula is C17H23N3O3. The van der Waals surface area contributed by atoms with Crippen LogP contribution < -0.4 is 9.47 Å². The third-order valence-corrected chi connectivity index (χ3v) is 3.87. The van der Waals surface area contributed by atoms with Crippen LogP contribution in [0.4, 0.5) is 0 Å². The van der Waals surface area contributed by atoms with Gasteiger partial charge in [-0.25, -0.2) is 0 Å². The zero-order chi connectivity index (χ0) is 16.8. The molecule has 6 heteroatoms. The largest absolute Gasteiger partial charge is 0.493 e. The molecule has 2 aromatic rings. The van der Waals surface area contributed by atoms with Gasteiger partial charge in [-0.05, 0) is 31.5 Å². The summed E-state index contributed by atoms with van der Waals surface area (Å²) in [5.74, 6) is 1.22. The lowest BCUT2D eigenvalue weighted by Crippen LogP contribution is -2.34. The van der Waals surface area contributed by atoms with Crippen LogP contribution in [0.25, 0.3) is 0 Å². The molecule has 1 aromatic carbocycles. The number of benzene rings is 1. The Morgan fingerprint density at radius 1 is 1.35 bits per heavy atom. The molecule has 0 spiro atoms. The zero-order valence-corrected chi connectivity index (χ0v) is 14.0. The van der Waals surface area contributed by atoms with Gasteiger partial charge >= 0.3 is 0 Å². The van der Waals surface area contributed by atoms with Gasteiger partial charge in [0.2, 0.25) is 0 Å². The summed E-state index contributed by atoms with van der Waals surface area (Å²) in [7, 11) is 3.39. The van der Waals surface area contributed by atoms with E-state index in [2.05, 4.69) is 10.2 Å². The summed E-state index contributed by atoms with van der Waals surface area (Å²) < 4.78 is 11.0. The first-order valence-corrected chi connectivity index (χ1v) is 7.64. The minimum Gasteiger partial charge on any atom is -0.493 e. The summed E-state index contributed by atoms with van der Waals surface area (Å²) in [6.07, 6.45) is 0.899. The number of carbonyl (C=O) groups excluding carboxylic acids is 1. The molecule has 124 valence electrons. The highest BCUT2D eigenvalue weighted by Crippen LogP contribution is 2.26. The van der Waals surface area contributed by atoms with Crippen LogP contribution in [0, 0.1) is 0 Å². The molecule has 1 aromatic heterocycles. The maximum Gasteiger partial charge on any atom is 0.274 e. The number of hydrogen-bond acceptors (Lipinski definition) is 4. The second-order valence-electron chi connectivity index (χ2n) is 5.39. The zero-order valence-electron chi connectivity index (χ0n) is 14.0. The first-order valence-electron chi connectivity index (χ1n) is 7.64. The molecule has 1 amide bonds. The molecule has 0 saturated heterocycles. The molecule has 2 rings (SSSR count). The average Bonchev–Trinajstić information content (AvgIpc) is 3.07. The highest BCUT2D eigenvalue weighted by Gasteiger charge is 2.19. The number of carbonyl (C=O) groups is 1. The van der Waals surface area contributed by atoms with Crippen molar-refractivity contribution < 1.29 is 14.3 Å². The van der Waals surface area contributed by atoms with Crippen LogP contribution in [-0.4, -0.2) is 41.2 Å². The van der Waals surface area contributed by atoms with Crippen molar-refractivity contribution in [1.29, 1.82) is 0 Å². The van der Waals surface area contributed by atoms with E-state index in [-0.39, 0.29) is 18.6 Å². The number of rotatable bonds is 7. The normalized spacial score (nSPS) is 11.8. The number of ether oxygens (including phenoxy) is 2. The molecule has 1 atom stereocenters. The number of nitrogens with one attached hydrogen (secondary N) is 1. The van der Waals surface area contributed by atoms with Crippen molar-refractivity contribution in [3.8, 4) is 11.5 Å². The van der Waals surface area contributed by atoms with E-state index >= 15 is 0 Å². The van der Waals surface area contributed by atoms with Crippen LogP contribution >= 0.6 is 0 Å². The van der Waals surface area contributed by atoms with Crippen LogP contribution in [0.1, 0.15) is 36.5 Å². The maximum absolute atomic E-state index is 12.3. The van der Waals surface area contributed by atoms with Gasteiger partial charge in [-0.2, -0.15) is 5.10 Å². The van der Waals surface area contributed by atoms with Crippen LogP contribution in [0.15, 0.2) is 30.3 Å². The van der Waals surface area contributed by atoms with Gasteiger partial charge in [-0.3, -0.25) is 9.89 Å². The van der Waals surface area contributed by atoms with Gasteiger partial charge in [-0.15, -0.1) is 0 Å². The molecule has 6 nitrogen and oxygen atoms in total. The number of nitrogens with zero attached hydrogens (tertiary/aromatic N) is 2. The predicted octanol–water partition coefficient (Wildman–Crippen LogP) is 2.87. The first kappa shape index (κ1) is 16.9. The minimum atomic E-state index is -0.0980. The van der Waals surface area contributed by atoms with Gasteiger partial charge in [0.1, 0.15) is 6.61 Å². The molecule has 0 fully saturated rings. The second kappa shape index (κ2) is 7.67. The molecular weight excluding hydrogens is 294 g/mol. The fraction of sp³-hybridized carbons (Fsp3) is 0.412. The maximum atomic E-state index is 12.3. The number of H-pyrrole nitrogens is 1. The smallest absolute Gasteiger partial charge is 0.274 e. The highest BCUT2D eigenvalue weighted by atomic mass is 16.5. The van der Waals surface area contributed by atoms with E-state index in [0.717, 1.165) is 12.1 Å². The monoisotopic (exact) mass is 317 g/mol. The lowest BCUT2D eigenvalue weighted by molar-refractivity contribution is 0.0734. The Balaban J connectivity index is 2.01.